The van der Waals surface area contributed by atoms with Crippen LogP contribution in [0.5, 0.6) is 0 Å². The maximum absolute atomic E-state index is 5.61. The van der Waals surface area contributed by atoms with Gasteiger partial charge in [-0.3, -0.25) is 4.99 Å². The molecule has 0 saturated heterocycles. The summed E-state index contributed by atoms with van der Waals surface area (Å²) in [5.74, 6) is 0.928. The Bertz CT molecular complexity index is 538. The zero-order valence-corrected chi connectivity index (χ0v) is 17.6. The van der Waals surface area contributed by atoms with E-state index in [0.29, 0.717) is 5.41 Å². The fraction of sp³-hybridized carbons (Fsp3) is 0.800. The van der Waals surface area contributed by atoms with Crippen LogP contribution in [0.1, 0.15) is 62.6 Å². The molecule has 148 valence electrons. The molecule has 2 rings (SSSR count). The highest BCUT2D eigenvalue weighted by molar-refractivity contribution is 7.09. The first-order valence-electron chi connectivity index (χ1n) is 10.1. The van der Waals surface area contributed by atoms with Crippen LogP contribution < -0.4 is 10.6 Å². The van der Waals surface area contributed by atoms with Crippen molar-refractivity contribution in [3.8, 4) is 0 Å². The number of nitrogens with one attached hydrogen (secondary N) is 2. The fourth-order valence-corrected chi connectivity index (χ4v) is 4.51. The van der Waals surface area contributed by atoms with Gasteiger partial charge in [0.1, 0.15) is 0 Å². The van der Waals surface area contributed by atoms with Crippen molar-refractivity contribution < 1.29 is 4.74 Å². The van der Waals surface area contributed by atoms with Crippen molar-refractivity contribution in [1.82, 2.24) is 15.6 Å². The molecule has 6 heteroatoms. The molecule has 0 aromatic carbocycles. The minimum Gasteiger partial charge on any atom is -0.382 e. The first kappa shape index (κ1) is 21.2. The van der Waals surface area contributed by atoms with Crippen LogP contribution in [0.15, 0.2) is 10.4 Å². The fourth-order valence-electron chi connectivity index (χ4n) is 3.69. The normalized spacial score (nSPS) is 16.8. The number of thiazole rings is 1. The van der Waals surface area contributed by atoms with Gasteiger partial charge in [-0.2, -0.15) is 0 Å². The van der Waals surface area contributed by atoms with Gasteiger partial charge in [0, 0.05) is 44.4 Å². The molecular weight excluding hydrogens is 344 g/mol. The third-order valence-electron chi connectivity index (χ3n) is 5.28. The van der Waals surface area contributed by atoms with Crippen molar-refractivity contribution in [3.05, 3.63) is 16.1 Å². The summed E-state index contributed by atoms with van der Waals surface area (Å²) in [5, 5.41) is 10.4. The van der Waals surface area contributed by atoms with Gasteiger partial charge in [0.15, 0.2) is 5.96 Å². The lowest BCUT2D eigenvalue weighted by atomic mass is 9.83. The van der Waals surface area contributed by atoms with Crippen molar-refractivity contribution in [2.45, 2.75) is 65.2 Å². The molecule has 0 amide bonds. The molecule has 0 spiro atoms. The SMILES string of the molecule is CCOCCC1(CNC(=NC)NCCCCc2nc(C)cs2)CCCC1. The molecular formula is C20H36N4OS. The zero-order chi connectivity index (χ0) is 18.7. The largest absolute Gasteiger partial charge is 0.382 e. The van der Waals surface area contributed by atoms with Gasteiger partial charge in [0.05, 0.1) is 5.01 Å². The highest BCUT2D eigenvalue weighted by Crippen LogP contribution is 2.40. The molecule has 1 aromatic heterocycles. The number of nitrogens with zero attached hydrogens (tertiary/aromatic N) is 2. The highest BCUT2D eigenvalue weighted by Gasteiger charge is 2.33. The summed E-state index contributed by atoms with van der Waals surface area (Å²) in [7, 11) is 1.86. The minimum atomic E-state index is 0.384. The number of aliphatic imine (C=N–C) groups is 1. The quantitative estimate of drug-likeness (QED) is 0.347. The molecule has 0 aliphatic heterocycles. The van der Waals surface area contributed by atoms with Gasteiger partial charge in [0.2, 0.25) is 0 Å². The van der Waals surface area contributed by atoms with E-state index in [1.165, 1.54) is 30.7 Å². The molecule has 5 nitrogen and oxygen atoms in total. The number of unbranched alkanes of at least 4 members (excludes halogenated alkanes) is 1. The van der Waals surface area contributed by atoms with E-state index in [4.69, 9.17) is 4.74 Å². The summed E-state index contributed by atoms with van der Waals surface area (Å²) in [6, 6.07) is 0. The lowest BCUT2D eigenvalue weighted by Crippen LogP contribution is -2.43. The zero-order valence-electron chi connectivity index (χ0n) is 16.8. The number of guanidine groups is 1. The Morgan fingerprint density at radius 2 is 2.12 bits per heavy atom. The Kier molecular flexibility index (Phi) is 9.40. The van der Waals surface area contributed by atoms with Crippen LogP contribution in [0, 0.1) is 12.3 Å². The molecule has 1 saturated carbocycles. The molecule has 0 unspecified atom stereocenters. The Balaban J connectivity index is 1.64. The number of rotatable bonds is 11. The van der Waals surface area contributed by atoms with Crippen molar-refractivity contribution in [3.63, 3.8) is 0 Å². The van der Waals surface area contributed by atoms with E-state index < -0.39 is 0 Å². The molecule has 1 heterocycles. The van der Waals surface area contributed by atoms with Gasteiger partial charge in [0.25, 0.3) is 0 Å². The summed E-state index contributed by atoms with van der Waals surface area (Å²) < 4.78 is 5.61. The van der Waals surface area contributed by atoms with Crippen LogP contribution in [-0.4, -0.2) is 44.3 Å². The Hall–Kier alpha value is -1.14. The van der Waals surface area contributed by atoms with Crippen LogP contribution in [0.4, 0.5) is 0 Å². The molecule has 2 N–H and O–H groups in total. The number of aryl methyl sites for hydroxylation is 2. The lowest BCUT2D eigenvalue weighted by Gasteiger charge is -2.30. The van der Waals surface area contributed by atoms with Gasteiger partial charge >= 0.3 is 0 Å². The summed E-state index contributed by atoms with van der Waals surface area (Å²) in [5.41, 5.74) is 1.52. The average molecular weight is 381 g/mol. The first-order valence-corrected chi connectivity index (χ1v) is 11.0. The topological polar surface area (TPSA) is 58.5 Å². The first-order chi connectivity index (χ1) is 12.7. The molecule has 0 radical (unpaired) electrons. The number of aromatic nitrogens is 1. The van der Waals surface area contributed by atoms with E-state index in [-0.39, 0.29) is 0 Å². The van der Waals surface area contributed by atoms with Crippen LogP contribution in [0.2, 0.25) is 0 Å². The van der Waals surface area contributed by atoms with Crippen LogP contribution in [0.25, 0.3) is 0 Å². The van der Waals surface area contributed by atoms with E-state index >= 15 is 0 Å². The number of hydrogen-bond acceptors (Lipinski definition) is 4. The molecule has 26 heavy (non-hydrogen) atoms. The van der Waals surface area contributed by atoms with Gasteiger partial charge in [-0.05, 0) is 57.8 Å². The maximum Gasteiger partial charge on any atom is 0.190 e. The van der Waals surface area contributed by atoms with Crippen LogP contribution in [0.3, 0.4) is 0 Å². The monoisotopic (exact) mass is 380 g/mol. The Morgan fingerprint density at radius 3 is 2.77 bits per heavy atom. The third-order valence-corrected chi connectivity index (χ3v) is 6.30. The predicted octanol–water partition coefficient (Wildman–Crippen LogP) is 3.93. The summed E-state index contributed by atoms with van der Waals surface area (Å²) in [6.07, 6.45) is 9.82. The van der Waals surface area contributed by atoms with Crippen LogP contribution in [-0.2, 0) is 11.2 Å². The number of ether oxygens (including phenoxy) is 1. The molecule has 0 atom stereocenters. The van der Waals surface area contributed by atoms with E-state index in [9.17, 15) is 0 Å². The molecule has 0 bridgehead atoms. The van der Waals surface area contributed by atoms with E-state index in [2.05, 4.69) is 39.8 Å². The summed E-state index contributed by atoms with van der Waals surface area (Å²) >= 11 is 1.77. The van der Waals surface area contributed by atoms with Crippen LogP contribution >= 0.6 is 11.3 Å². The second-order valence-electron chi connectivity index (χ2n) is 7.35. The standard InChI is InChI=1S/C20H36N4OS/c1-4-25-14-12-20(10-6-7-11-20)16-23-19(21-3)22-13-8-5-9-18-24-17(2)15-26-18/h15H,4-14,16H2,1-3H3,(H2,21,22,23). The van der Waals surface area contributed by atoms with E-state index in [1.807, 2.05) is 7.05 Å². The minimum absolute atomic E-state index is 0.384. The summed E-state index contributed by atoms with van der Waals surface area (Å²) in [6.45, 7) is 7.77. The molecule has 1 aliphatic carbocycles. The predicted molar refractivity (Wildman–Crippen MR) is 111 cm³/mol. The summed E-state index contributed by atoms with van der Waals surface area (Å²) in [4.78, 5) is 8.91. The maximum atomic E-state index is 5.61. The Labute approximate surface area is 163 Å². The third kappa shape index (κ3) is 7.23. The second kappa shape index (κ2) is 11.5. The molecule has 1 fully saturated rings. The lowest BCUT2D eigenvalue weighted by molar-refractivity contribution is 0.105. The molecule has 1 aromatic rings. The van der Waals surface area contributed by atoms with Gasteiger partial charge in [-0.1, -0.05) is 12.8 Å². The smallest absolute Gasteiger partial charge is 0.190 e. The van der Waals surface area contributed by atoms with Crippen molar-refractivity contribution >= 4 is 17.3 Å². The average Bonchev–Trinajstić information content (AvgIpc) is 3.27. The number of hydrogen-bond donors (Lipinski definition) is 2. The van der Waals surface area contributed by atoms with Gasteiger partial charge in [-0.25, -0.2) is 4.98 Å². The van der Waals surface area contributed by atoms with Gasteiger partial charge in [-0.15, -0.1) is 11.3 Å². The molecule has 1 aliphatic rings. The van der Waals surface area contributed by atoms with Crippen molar-refractivity contribution in [1.29, 1.82) is 0 Å². The van der Waals surface area contributed by atoms with Gasteiger partial charge < -0.3 is 15.4 Å². The van der Waals surface area contributed by atoms with E-state index in [0.717, 1.165) is 63.6 Å². The van der Waals surface area contributed by atoms with Crippen molar-refractivity contribution in [2.75, 3.05) is 33.4 Å². The Morgan fingerprint density at radius 1 is 1.31 bits per heavy atom. The van der Waals surface area contributed by atoms with Crippen molar-refractivity contribution in [2.24, 2.45) is 10.4 Å². The second-order valence-corrected chi connectivity index (χ2v) is 8.29. The van der Waals surface area contributed by atoms with E-state index in [1.54, 1.807) is 11.3 Å². The highest BCUT2D eigenvalue weighted by atomic mass is 32.1.